The van der Waals surface area contributed by atoms with Crippen molar-refractivity contribution in [2.45, 2.75) is 0 Å². The molecular formula is C49H32N4. The van der Waals surface area contributed by atoms with Gasteiger partial charge in [0.1, 0.15) is 0 Å². The maximum absolute atomic E-state index is 5.07. The van der Waals surface area contributed by atoms with Gasteiger partial charge in [0, 0.05) is 33.2 Å². The van der Waals surface area contributed by atoms with Gasteiger partial charge in [0.25, 0.3) is 0 Å². The lowest BCUT2D eigenvalue weighted by Crippen LogP contribution is -2.00. The van der Waals surface area contributed by atoms with Crippen molar-refractivity contribution in [2.24, 2.45) is 0 Å². The summed E-state index contributed by atoms with van der Waals surface area (Å²) in [5, 5.41) is 4.76. The van der Waals surface area contributed by atoms with Crippen molar-refractivity contribution in [1.29, 1.82) is 0 Å². The molecule has 4 nitrogen and oxygen atoms in total. The largest absolute Gasteiger partial charge is 0.309 e. The Morgan fingerprint density at radius 1 is 0.302 bits per heavy atom. The summed E-state index contributed by atoms with van der Waals surface area (Å²) >= 11 is 0. The van der Waals surface area contributed by atoms with Crippen LogP contribution >= 0.6 is 0 Å². The van der Waals surface area contributed by atoms with E-state index in [1.54, 1.807) is 0 Å². The van der Waals surface area contributed by atoms with E-state index in [1.807, 2.05) is 60.7 Å². The van der Waals surface area contributed by atoms with Crippen molar-refractivity contribution in [3.05, 3.63) is 194 Å². The average molecular weight is 677 g/mol. The average Bonchev–Trinajstić information content (AvgIpc) is 3.58. The fraction of sp³-hybridized carbons (Fsp3) is 0. The Hall–Kier alpha value is -7.17. The van der Waals surface area contributed by atoms with Gasteiger partial charge in [-0.25, -0.2) is 15.0 Å². The van der Waals surface area contributed by atoms with Crippen molar-refractivity contribution in [3.8, 4) is 62.1 Å². The summed E-state index contributed by atoms with van der Waals surface area (Å²) in [5.41, 5.74) is 11.0. The van der Waals surface area contributed by atoms with Crippen LogP contribution in [0.25, 0.3) is 94.7 Å². The van der Waals surface area contributed by atoms with Crippen LogP contribution in [0.4, 0.5) is 0 Å². The molecule has 0 N–H and O–H groups in total. The molecule has 10 rings (SSSR count). The van der Waals surface area contributed by atoms with Gasteiger partial charge >= 0.3 is 0 Å². The third-order valence-electron chi connectivity index (χ3n) is 10.0. The zero-order chi connectivity index (χ0) is 35.1. The molecule has 248 valence electrons. The quantitative estimate of drug-likeness (QED) is 0.176. The Labute approximate surface area is 307 Å². The second-order valence-corrected chi connectivity index (χ2v) is 13.2. The molecule has 0 amide bonds. The maximum atomic E-state index is 5.07. The number of aromatic nitrogens is 4. The molecule has 8 aromatic carbocycles. The number of rotatable bonds is 6. The highest BCUT2D eigenvalue weighted by atomic mass is 15.0. The lowest BCUT2D eigenvalue weighted by atomic mass is 9.93. The molecule has 0 spiro atoms. The molecule has 2 heterocycles. The fourth-order valence-corrected chi connectivity index (χ4v) is 7.52. The number of benzene rings is 8. The van der Waals surface area contributed by atoms with E-state index >= 15 is 0 Å². The summed E-state index contributed by atoms with van der Waals surface area (Å²) in [5.74, 6) is 1.93. The molecule has 0 bridgehead atoms. The minimum atomic E-state index is 0.639. The molecule has 0 aliphatic rings. The molecule has 0 saturated carbocycles. The monoisotopic (exact) mass is 676 g/mol. The van der Waals surface area contributed by atoms with Crippen molar-refractivity contribution in [2.75, 3.05) is 0 Å². The lowest BCUT2D eigenvalue weighted by molar-refractivity contribution is 1.07. The topological polar surface area (TPSA) is 43.6 Å². The molecule has 0 aliphatic carbocycles. The molecule has 53 heavy (non-hydrogen) atoms. The van der Waals surface area contributed by atoms with E-state index in [0.29, 0.717) is 17.5 Å². The first-order valence-corrected chi connectivity index (χ1v) is 17.9. The minimum Gasteiger partial charge on any atom is -0.309 e. The van der Waals surface area contributed by atoms with E-state index in [1.165, 1.54) is 38.4 Å². The van der Waals surface area contributed by atoms with Gasteiger partial charge in [0.15, 0.2) is 17.5 Å². The van der Waals surface area contributed by atoms with Crippen molar-refractivity contribution >= 4 is 32.6 Å². The Morgan fingerprint density at radius 2 is 0.755 bits per heavy atom. The molecule has 0 aliphatic heterocycles. The molecule has 0 atom stereocenters. The smallest absolute Gasteiger partial charge is 0.164 e. The van der Waals surface area contributed by atoms with Crippen LogP contribution in [0.2, 0.25) is 0 Å². The highest BCUT2D eigenvalue weighted by molar-refractivity contribution is 6.24. The molecule has 0 saturated heterocycles. The maximum Gasteiger partial charge on any atom is 0.164 e. The summed E-state index contributed by atoms with van der Waals surface area (Å²) in [7, 11) is 0. The molecule has 0 fully saturated rings. The zero-order valence-corrected chi connectivity index (χ0v) is 28.8. The molecule has 10 aromatic rings. The molecule has 0 radical (unpaired) electrons. The first-order valence-electron chi connectivity index (χ1n) is 17.9. The van der Waals surface area contributed by atoms with E-state index in [-0.39, 0.29) is 0 Å². The highest BCUT2D eigenvalue weighted by Gasteiger charge is 2.20. The fourth-order valence-electron chi connectivity index (χ4n) is 7.52. The lowest BCUT2D eigenvalue weighted by Gasteiger charge is -2.12. The van der Waals surface area contributed by atoms with Crippen molar-refractivity contribution in [3.63, 3.8) is 0 Å². The van der Waals surface area contributed by atoms with E-state index < -0.39 is 0 Å². The second-order valence-electron chi connectivity index (χ2n) is 13.2. The Balaban J connectivity index is 1.22. The van der Waals surface area contributed by atoms with Crippen LogP contribution in [0.15, 0.2) is 194 Å². The van der Waals surface area contributed by atoms with Gasteiger partial charge in [0.05, 0.1) is 11.0 Å². The number of nitrogens with zero attached hydrogens (tertiary/aromatic N) is 4. The van der Waals surface area contributed by atoms with Gasteiger partial charge in [-0.3, -0.25) is 0 Å². The van der Waals surface area contributed by atoms with Crippen LogP contribution in [0.1, 0.15) is 0 Å². The standard InChI is InChI=1S/C49H32N4/c1-5-15-33(16-6-1)34-25-27-35(28-26-34)42-32-45-46(41-24-14-13-23-40(41)42)43-31-38(29-30-44(43)53(45)39-21-11-4-12-22-39)49-51-47(36-17-7-2-8-18-36)50-48(52-49)37-19-9-3-10-20-37/h1-32H. The third kappa shape index (κ3) is 5.45. The number of hydrogen-bond donors (Lipinski definition) is 0. The van der Waals surface area contributed by atoms with Gasteiger partial charge in [0.2, 0.25) is 0 Å². The van der Waals surface area contributed by atoms with Gasteiger partial charge in [-0.2, -0.15) is 0 Å². The predicted molar refractivity (Wildman–Crippen MR) is 219 cm³/mol. The van der Waals surface area contributed by atoms with Crippen LogP contribution < -0.4 is 0 Å². The van der Waals surface area contributed by atoms with Crippen molar-refractivity contribution in [1.82, 2.24) is 19.5 Å². The Morgan fingerprint density at radius 3 is 1.36 bits per heavy atom. The first kappa shape index (κ1) is 30.6. The van der Waals surface area contributed by atoms with Gasteiger partial charge < -0.3 is 4.57 Å². The molecule has 0 unspecified atom stereocenters. The number of hydrogen-bond acceptors (Lipinski definition) is 3. The third-order valence-corrected chi connectivity index (χ3v) is 10.0. The van der Waals surface area contributed by atoms with E-state index in [4.69, 9.17) is 15.0 Å². The molecule has 4 heteroatoms. The minimum absolute atomic E-state index is 0.639. The molecular weight excluding hydrogens is 645 g/mol. The summed E-state index contributed by atoms with van der Waals surface area (Å²) in [6.07, 6.45) is 0. The van der Waals surface area contributed by atoms with E-state index in [9.17, 15) is 0 Å². The normalized spacial score (nSPS) is 11.4. The van der Waals surface area contributed by atoms with E-state index in [0.717, 1.165) is 38.8 Å². The first-order chi connectivity index (χ1) is 26.3. The molecule has 2 aromatic heterocycles. The van der Waals surface area contributed by atoms with Crippen LogP contribution in [-0.2, 0) is 0 Å². The van der Waals surface area contributed by atoms with Gasteiger partial charge in [-0.15, -0.1) is 0 Å². The Bertz CT molecular complexity index is 2840. The van der Waals surface area contributed by atoms with Crippen LogP contribution in [-0.4, -0.2) is 19.5 Å². The van der Waals surface area contributed by atoms with Crippen molar-refractivity contribution < 1.29 is 0 Å². The van der Waals surface area contributed by atoms with Gasteiger partial charge in [-0.1, -0.05) is 158 Å². The Kier molecular flexibility index (Phi) is 7.43. The number of para-hydroxylation sites is 1. The second kappa shape index (κ2) is 12.9. The highest BCUT2D eigenvalue weighted by Crippen LogP contribution is 2.42. The van der Waals surface area contributed by atoms with Crippen LogP contribution in [0, 0.1) is 0 Å². The number of fused-ring (bicyclic) bond motifs is 5. The summed E-state index contributed by atoms with van der Waals surface area (Å²) in [6.45, 7) is 0. The predicted octanol–water partition coefficient (Wildman–Crippen LogP) is 12.5. The van der Waals surface area contributed by atoms with Crippen LogP contribution in [0.5, 0.6) is 0 Å². The summed E-state index contributed by atoms with van der Waals surface area (Å²) in [6, 6.07) is 68.2. The van der Waals surface area contributed by atoms with Crippen LogP contribution in [0.3, 0.4) is 0 Å². The summed E-state index contributed by atoms with van der Waals surface area (Å²) in [4.78, 5) is 15.1. The zero-order valence-electron chi connectivity index (χ0n) is 28.8. The van der Waals surface area contributed by atoms with E-state index in [2.05, 4.69) is 138 Å². The SMILES string of the molecule is c1ccc(-c2ccc(-c3cc4c(c5ccccc35)c3cc(-c5nc(-c6ccccc6)nc(-c6ccccc6)n5)ccc3n4-c3ccccc3)cc2)cc1. The van der Waals surface area contributed by atoms with Gasteiger partial charge in [-0.05, 0) is 69.4 Å². The summed E-state index contributed by atoms with van der Waals surface area (Å²) < 4.78 is 2.39.